The van der Waals surface area contributed by atoms with E-state index in [0.717, 1.165) is 18.2 Å². The van der Waals surface area contributed by atoms with Crippen LogP contribution in [0.1, 0.15) is 12.8 Å². The second-order valence-electron chi connectivity index (χ2n) is 5.35. The number of carbonyl (C=O) groups excluding carboxylic acids is 2. The number of nitrogens with zero attached hydrogens (tertiary/aromatic N) is 2. The molecule has 0 radical (unpaired) electrons. The molecule has 0 aliphatic heterocycles. The number of aliphatic imine (C=N–C) groups is 2. The normalized spacial score (nSPS) is 12.2. The maximum Gasteiger partial charge on any atom is 0.407 e. The summed E-state index contributed by atoms with van der Waals surface area (Å²) < 4.78 is 16.6. The van der Waals surface area contributed by atoms with Crippen LogP contribution in [0.5, 0.6) is 0 Å². The highest BCUT2D eigenvalue weighted by Crippen LogP contribution is 2.14. The number of rotatable bonds is 21. The largest absolute Gasteiger partial charge is 0.449 e. The Morgan fingerprint density at radius 2 is 1.67 bits per heavy atom. The van der Waals surface area contributed by atoms with Crippen molar-refractivity contribution in [1.29, 1.82) is 0 Å². The summed E-state index contributed by atoms with van der Waals surface area (Å²) in [5, 5.41) is 23.0. The van der Waals surface area contributed by atoms with E-state index in [9.17, 15) is 13.8 Å². The van der Waals surface area contributed by atoms with Gasteiger partial charge in [-0.2, -0.15) is 4.89 Å². The van der Waals surface area contributed by atoms with Gasteiger partial charge in [-0.15, -0.1) is 35.3 Å². The summed E-state index contributed by atoms with van der Waals surface area (Å²) in [4.78, 5) is 40.2. The Morgan fingerprint density at radius 1 is 0.970 bits per heavy atom. The van der Waals surface area contributed by atoms with Crippen LogP contribution in [-0.4, -0.2) is 97.8 Å². The average molecular weight is 567 g/mol. The Labute approximate surface area is 212 Å². The van der Waals surface area contributed by atoms with Crippen molar-refractivity contribution in [3.05, 3.63) is 0 Å². The molecule has 0 aromatic heterocycles. The molecule has 192 valence electrons. The quantitative estimate of drug-likeness (QED) is 0.0396. The molecule has 33 heavy (non-hydrogen) atoms. The highest BCUT2D eigenvalue weighted by molar-refractivity contribution is 8.27. The van der Waals surface area contributed by atoms with Gasteiger partial charge >= 0.3 is 6.09 Å². The first-order valence-corrected chi connectivity index (χ1v) is 15.3. The summed E-state index contributed by atoms with van der Waals surface area (Å²) in [5.74, 6) is 1.44. The molecule has 17 heteroatoms. The molecular formula is C16H30N4O8S5. The van der Waals surface area contributed by atoms with Crippen molar-refractivity contribution in [3.63, 3.8) is 0 Å². The summed E-state index contributed by atoms with van der Waals surface area (Å²) in [5.41, 5.74) is 1.35. The highest BCUT2D eigenvalue weighted by Gasteiger charge is 2.03. The minimum atomic E-state index is -1.24. The number of alkyl carbamates (subject to hydrolysis) is 1. The van der Waals surface area contributed by atoms with Crippen molar-refractivity contribution in [2.24, 2.45) is 9.98 Å². The van der Waals surface area contributed by atoms with E-state index in [1.54, 1.807) is 0 Å². The summed E-state index contributed by atoms with van der Waals surface area (Å²) in [6, 6.07) is 0. The van der Waals surface area contributed by atoms with Gasteiger partial charge in [-0.3, -0.25) is 14.0 Å². The summed E-state index contributed by atoms with van der Waals surface area (Å²) in [6.07, 6.45) is 1.49. The van der Waals surface area contributed by atoms with Crippen molar-refractivity contribution >= 4 is 81.1 Å². The summed E-state index contributed by atoms with van der Waals surface area (Å²) in [7, 11) is -1.24. The molecule has 0 aromatic rings. The van der Waals surface area contributed by atoms with Crippen molar-refractivity contribution < 1.29 is 38.5 Å². The van der Waals surface area contributed by atoms with Crippen LogP contribution < -0.4 is 10.6 Å². The van der Waals surface area contributed by atoms with Crippen LogP contribution in [0.15, 0.2) is 9.98 Å². The predicted molar refractivity (Wildman–Crippen MR) is 138 cm³/mol. The molecule has 0 spiro atoms. The predicted octanol–water partition coefficient (Wildman–Crippen LogP) is 1.62. The maximum absolute atomic E-state index is 11.8. The van der Waals surface area contributed by atoms with Crippen LogP contribution in [0.25, 0.3) is 0 Å². The van der Waals surface area contributed by atoms with Gasteiger partial charge in [-0.25, -0.2) is 9.79 Å². The zero-order valence-corrected chi connectivity index (χ0v) is 22.0. The summed E-state index contributed by atoms with van der Waals surface area (Å²) in [6.45, 7) is 0.447. The Bertz CT molecular complexity index is 589. The number of carbonyl (C=O) groups is 2. The Hall–Kier alpha value is -0.690. The van der Waals surface area contributed by atoms with E-state index in [-0.39, 0.29) is 31.7 Å². The fraction of sp³-hybridized carbons (Fsp3) is 0.750. The lowest BCUT2D eigenvalue weighted by Gasteiger charge is -2.04. The molecule has 1 unspecified atom stereocenters. The third-order valence-electron chi connectivity index (χ3n) is 2.74. The molecule has 0 saturated heterocycles. The highest BCUT2D eigenvalue weighted by atomic mass is 32.2. The number of hydrogen-bond donors (Lipinski definition) is 4. The minimum Gasteiger partial charge on any atom is -0.449 e. The monoisotopic (exact) mass is 566 g/mol. The summed E-state index contributed by atoms with van der Waals surface area (Å²) >= 11 is 5.16. The minimum absolute atomic E-state index is 0.0327. The van der Waals surface area contributed by atoms with E-state index in [1.807, 2.05) is 0 Å². The van der Waals surface area contributed by atoms with Crippen LogP contribution in [0.3, 0.4) is 0 Å². The fourth-order valence-electron chi connectivity index (χ4n) is 1.37. The van der Waals surface area contributed by atoms with Crippen molar-refractivity contribution in [1.82, 2.24) is 10.6 Å². The van der Waals surface area contributed by atoms with Crippen LogP contribution in [0, 0.1) is 0 Å². The molecule has 0 rings (SSSR count). The van der Waals surface area contributed by atoms with Crippen LogP contribution in [-0.2, 0) is 25.3 Å². The Kier molecular flexibility index (Phi) is 25.4. The molecule has 0 fully saturated rings. The van der Waals surface area contributed by atoms with E-state index < -0.39 is 16.9 Å². The SMILES string of the molecule is O=C(NCSC/N=C\S(=O)CSCSC(=O)NCSCN=COOCCCO)OCCCO. The molecule has 0 aliphatic rings. The Balaban J connectivity index is 3.51. The first-order chi connectivity index (χ1) is 16.1. The number of ether oxygens (including phenoxy) is 1. The molecule has 2 amide bonds. The first-order valence-electron chi connectivity index (χ1n) is 9.50. The van der Waals surface area contributed by atoms with Gasteiger partial charge in [0.2, 0.25) is 6.40 Å². The van der Waals surface area contributed by atoms with Crippen molar-refractivity contribution in [2.75, 3.05) is 60.1 Å². The molecule has 0 saturated carbocycles. The van der Waals surface area contributed by atoms with Crippen molar-refractivity contribution in [2.45, 2.75) is 12.8 Å². The van der Waals surface area contributed by atoms with E-state index >= 15 is 0 Å². The third-order valence-corrected chi connectivity index (χ3v) is 7.63. The van der Waals surface area contributed by atoms with E-state index in [4.69, 9.17) is 19.8 Å². The number of amides is 2. The number of hydrogen-bond acceptors (Lipinski definition) is 14. The number of aliphatic hydroxyl groups is 2. The lowest BCUT2D eigenvalue weighted by atomic mass is 10.5. The molecule has 0 aromatic carbocycles. The molecule has 0 aliphatic carbocycles. The molecular weight excluding hydrogens is 537 g/mol. The van der Waals surface area contributed by atoms with Gasteiger partial charge in [0.15, 0.2) is 0 Å². The van der Waals surface area contributed by atoms with Gasteiger partial charge < -0.3 is 30.5 Å². The van der Waals surface area contributed by atoms with Gasteiger partial charge in [0.05, 0.1) is 58.2 Å². The molecule has 4 N–H and O–H groups in total. The van der Waals surface area contributed by atoms with E-state index in [2.05, 4.69) is 25.5 Å². The number of nitrogens with one attached hydrogen (secondary N) is 2. The van der Waals surface area contributed by atoms with Crippen LogP contribution >= 0.6 is 47.0 Å². The molecule has 0 bridgehead atoms. The topological polar surface area (TPSA) is 168 Å². The third kappa shape index (κ3) is 25.8. The van der Waals surface area contributed by atoms with Gasteiger partial charge in [0, 0.05) is 24.7 Å². The first kappa shape index (κ1) is 32.3. The Morgan fingerprint density at radius 3 is 2.42 bits per heavy atom. The van der Waals surface area contributed by atoms with Crippen LogP contribution in [0.2, 0.25) is 0 Å². The van der Waals surface area contributed by atoms with Gasteiger partial charge in [-0.1, -0.05) is 11.8 Å². The van der Waals surface area contributed by atoms with Gasteiger partial charge in [0.25, 0.3) is 5.24 Å². The molecule has 1 atom stereocenters. The number of thioether (sulfide) groups is 4. The van der Waals surface area contributed by atoms with Gasteiger partial charge in [0.1, 0.15) is 0 Å². The second kappa shape index (κ2) is 25.9. The maximum atomic E-state index is 11.8. The second-order valence-corrected chi connectivity index (χ2v) is 11.2. The molecule has 12 nitrogen and oxygen atoms in total. The standard InChI is InChI=1S/C16H30N4O8S5/c21-3-1-5-26-15(23)19-10-30-9-18-12-33(25)14-31-13-32-16(24)20-11-29-8-17-7-28-27-6-2-4-22/h7,12,21-22H,1-6,8-11,13-14H2,(H,19,23)(H,20,24)/b17-7?,18-12-. The van der Waals surface area contributed by atoms with E-state index in [1.165, 1.54) is 40.8 Å². The smallest absolute Gasteiger partial charge is 0.407 e. The van der Waals surface area contributed by atoms with E-state index in [0.29, 0.717) is 46.5 Å². The average Bonchev–Trinajstić information content (AvgIpc) is 2.80. The van der Waals surface area contributed by atoms with Crippen LogP contribution in [0.4, 0.5) is 9.59 Å². The zero-order chi connectivity index (χ0) is 24.4. The zero-order valence-electron chi connectivity index (χ0n) is 17.9. The van der Waals surface area contributed by atoms with Gasteiger partial charge in [-0.05, 0) is 6.42 Å². The van der Waals surface area contributed by atoms with Crippen molar-refractivity contribution in [3.8, 4) is 0 Å². The number of aliphatic hydroxyl groups excluding tert-OH is 2. The molecule has 0 heterocycles. The lowest BCUT2D eigenvalue weighted by molar-refractivity contribution is -0.217. The fourth-order valence-corrected chi connectivity index (χ4v) is 5.50. The lowest BCUT2D eigenvalue weighted by Crippen LogP contribution is -2.24.